The molecule has 3 heterocycles. The third-order valence-electron chi connectivity index (χ3n) is 5.39. The molecule has 1 aromatic rings. The second-order valence-corrected chi connectivity index (χ2v) is 9.88. The zero-order chi connectivity index (χ0) is 20.9. The molecule has 10 heteroatoms. The van der Waals surface area contributed by atoms with Crippen LogP contribution >= 0.6 is 35.3 Å². The lowest BCUT2D eigenvalue weighted by Gasteiger charge is -2.35. The lowest BCUT2D eigenvalue weighted by atomic mass is 9.97. The number of aromatic nitrogens is 1. The van der Waals surface area contributed by atoms with Gasteiger partial charge in [0.25, 0.3) is 0 Å². The van der Waals surface area contributed by atoms with Crippen LogP contribution < -0.4 is 16.0 Å². The molecule has 0 saturated carbocycles. The van der Waals surface area contributed by atoms with Crippen LogP contribution in [0.3, 0.4) is 0 Å². The normalized spacial score (nSPS) is 19.5. The summed E-state index contributed by atoms with van der Waals surface area (Å²) in [6.45, 7) is 12.8. The Kier molecular flexibility index (Phi) is 9.61. The van der Waals surface area contributed by atoms with Crippen molar-refractivity contribution in [3.8, 4) is 0 Å². The number of hydrogen-bond acceptors (Lipinski definition) is 6. The van der Waals surface area contributed by atoms with Crippen LogP contribution in [0.1, 0.15) is 33.6 Å². The maximum Gasteiger partial charge on any atom is 0.234 e. The highest BCUT2D eigenvalue weighted by atomic mass is 127. The van der Waals surface area contributed by atoms with Crippen LogP contribution in [-0.2, 0) is 4.79 Å². The maximum atomic E-state index is 12.1. The molecule has 0 aliphatic carbocycles. The van der Waals surface area contributed by atoms with Gasteiger partial charge < -0.3 is 20.9 Å². The summed E-state index contributed by atoms with van der Waals surface area (Å²) in [4.78, 5) is 27.9. The molecule has 0 radical (unpaired) electrons. The van der Waals surface area contributed by atoms with Gasteiger partial charge in [-0.2, -0.15) is 0 Å². The van der Waals surface area contributed by atoms with Crippen LogP contribution in [0.4, 0.5) is 5.13 Å². The first-order valence-electron chi connectivity index (χ1n) is 10.5. The number of hydrogen-bond donors (Lipinski definition) is 2. The van der Waals surface area contributed by atoms with E-state index in [0.717, 1.165) is 63.8 Å². The number of halogens is 1. The van der Waals surface area contributed by atoms with Gasteiger partial charge in [0.05, 0.1) is 6.54 Å². The Morgan fingerprint density at radius 2 is 1.90 bits per heavy atom. The first-order valence-corrected chi connectivity index (χ1v) is 11.4. The van der Waals surface area contributed by atoms with E-state index in [0.29, 0.717) is 18.4 Å². The van der Waals surface area contributed by atoms with E-state index in [1.54, 1.807) is 11.3 Å². The lowest BCUT2D eigenvalue weighted by Crippen LogP contribution is -2.51. The molecule has 3 rings (SSSR count). The first-order chi connectivity index (χ1) is 13.8. The highest BCUT2D eigenvalue weighted by Crippen LogP contribution is 2.20. The van der Waals surface area contributed by atoms with E-state index in [9.17, 15) is 4.79 Å². The van der Waals surface area contributed by atoms with E-state index >= 15 is 0 Å². The average molecular weight is 550 g/mol. The topological polar surface area (TPSA) is 90.1 Å². The molecule has 0 bridgehead atoms. The largest absolute Gasteiger partial charge is 0.370 e. The van der Waals surface area contributed by atoms with Crippen molar-refractivity contribution >= 4 is 52.3 Å². The number of rotatable bonds is 5. The van der Waals surface area contributed by atoms with Crippen LogP contribution in [0.5, 0.6) is 0 Å². The van der Waals surface area contributed by atoms with Crippen LogP contribution in [0.2, 0.25) is 0 Å². The van der Waals surface area contributed by atoms with E-state index in [2.05, 4.69) is 30.0 Å². The van der Waals surface area contributed by atoms with Gasteiger partial charge in [0.1, 0.15) is 0 Å². The molecule has 2 fully saturated rings. The molecule has 1 aromatic heterocycles. The Morgan fingerprint density at radius 1 is 1.23 bits per heavy atom. The SMILES string of the molecule is CC(C)(C)NC(=O)CN1CCC(CN=C(N)N2CCN(c3nccs3)CC2)CC1.I. The van der Waals surface area contributed by atoms with Gasteiger partial charge in [-0.3, -0.25) is 14.7 Å². The number of amides is 1. The van der Waals surface area contributed by atoms with E-state index in [4.69, 9.17) is 5.73 Å². The highest BCUT2D eigenvalue weighted by Gasteiger charge is 2.23. The fourth-order valence-electron chi connectivity index (χ4n) is 3.81. The molecule has 8 nitrogen and oxygen atoms in total. The van der Waals surface area contributed by atoms with Gasteiger partial charge in [-0.1, -0.05) is 0 Å². The van der Waals surface area contributed by atoms with Crippen LogP contribution in [0, 0.1) is 5.92 Å². The summed E-state index contributed by atoms with van der Waals surface area (Å²) in [5.74, 6) is 1.32. The molecule has 0 aromatic carbocycles. The molecule has 0 spiro atoms. The van der Waals surface area contributed by atoms with Gasteiger partial charge in [-0.25, -0.2) is 4.98 Å². The standard InChI is InChI=1S/C20H35N7OS.HI/c1-20(2,3)24-17(28)15-25-7-4-16(5-8-25)14-23-18(21)26-9-11-27(12-10-26)19-22-6-13-29-19;/h6,13,16H,4-5,7-12,14-15H2,1-3H3,(H2,21,23)(H,24,28);1H. The summed E-state index contributed by atoms with van der Waals surface area (Å²) >= 11 is 1.68. The molecule has 2 saturated heterocycles. The summed E-state index contributed by atoms with van der Waals surface area (Å²) in [6, 6.07) is 0. The predicted molar refractivity (Wildman–Crippen MR) is 135 cm³/mol. The highest BCUT2D eigenvalue weighted by molar-refractivity contribution is 14.0. The minimum Gasteiger partial charge on any atom is -0.370 e. The van der Waals surface area contributed by atoms with E-state index in [1.165, 1.54) is 0 Å². The van der Waals surface area contributed by atoms with Gasteiger partial charge >= 0.3 is 0 Å². The number of piperazine rings is 1. The van der Waals surface area contributed by atoms with Crippen molar-refractivity contribution in [3.05, 3.63) is 11.6 Å². The Labute approximate surface area is 201 Å². The molecule has 0 unspecified atom stereocenters. The fourth-order valence-corrected chi connectivity index (χ4v) is 4.51. The summed E-state index contributed by atoms with van der Waals surface area (Å²) in [7, 11) is 0. The van der Waals surface area contributed by atoms with E-state index in [1.807, 2.05) is 32.3 Å². The second kappa shape index (κ2) is 11.5. The zero-order valence-electron chi connectivity index (χ0n) is 18.3. The Balaban J connectivity index is 0.00000320. The van der Waals surface area contributed by atoms with Gasteiger partial charge in [-0.15, -0.1) is 35.3 Å². The van der Waals surface area contributed by atoms with Crippen molar-refractivity contribution < 1.29 is 4.79 Å². The smallest absolute Gasteiger partial charge is 0.234 e. The van der Waals surface area contributed by atoms with Gasteiger partial charge in [0.2, 0.25) is 5.91 Å². The molecule has 0 atom stereocenters. The van der Waals surface area contributed by atoms with Crippen molar-refractivity contribution in [2.45, 2.75) is 39.2 Å². The minimum absolute atomic E-state index is 0. The number of guanidine groups is 1. The fraction of sp³-hybridized carbons (Fsp3) is 0.750. The van der Waals surface area contributed by atoms with Gasteiger partial charge in [0.15, 0.2) is 11.1 Å². The Bertz CT molecular complexity index is 676. The number of nitrogens with one attached hydrogen (secondary N) is 1. The van der Waals surface area contributed by atoms with Crippen molar-refractivity contribution in [2.75, 3.05) is 57.3 Å². The maximum absolute atomic E-state index is 12.1. The molecule has 1 amide bonds. The van der Waals surface area contributed by atoms with Crippen molar-refractivity contribution in [3.63, 3.8) is 0 Å². The second-order valence-electron chi connectivity index (χ2n) is 9.01. The first kappa shape index (κ1) is 25.1. The van der Waals surface area contributed by atoms with Crippen LogP contribution in [0.15, 0.2) is 16.6 Å². The van der Waals surface area contributed by atoms with Crippen LogP contribution in [-0.4, -0.2) is 84.5 Å². The number of anilines is 1. The Morgan fingerprint density at radius 3 is 2.47 bits per heavy atom. The lowest BCUT2D eigenvalue weighted by molar-refractivity contribution is -0.124. The number of piperidine rings is 1. The third-order valence-corrected chi connectivity index (χ3v) is 6.23. The number of carbonyl (C=O) groups is 1. The third kappa shape index (κ3) is 7.84. The number of nitrogens with two attached hydrogens (primary N) is 1. The molecule has 2 aliphatic rings. The van der Waals surface area contributed by atoms with E-state index < -0.39 is 0 Å². The van der Waals surface area contributed by atoms with E-state index in [-0.39, 0.29) is 35.4 Å². The quantitative estimate of drug-likeness (QED) is 0.331. The number of thiazole rings is 1. The van der Waals surface area contributed by atoms with Gasteiger partial charge in [0, 0.05) is 49.8 Å². The van der Waals surface area contributed by atoms with Crippen molar-refractivity contribution in [1.29, 1.82) is 0 Å². The van der Waals surface area contributed by atoms with Crippen molar-refractivity contribution in [2.24, 2.45) is 16.6 Å². The average Bonchev–Trinajstić information content (AvgIpc) is 3.20. The van der Waals surface area contributed by atoms with Crippen molar-refractivity contribution in [1.82, 2.24) is 20.1 Å². The summed E-state index contributed by atoms with van der Waals surface area (Å²) in [5, 5.41) is 6.13. The number of nitrogens with zero attached hydrogens (tertiary/aromatic N) is 5. The van der Waals surface area contributed by atoms with Gasteiger partial charge in [-0.05, 0) is 52.6 Å². The predicted octanol–water partition coefficient (Wildman–Crippen LogP) is 1.82. The van der Waals surface area contributed by atoms with Crippen LogP contribution in [0.25, 0.3) is 0 Å². The molecule has 170 valence electrons. The Hall–Kier alpha value is -1.14. The molecular weight excluding hydrogens is 513 g/mol. The number of likely N-dealkylation sites (tertiary alicyclic amines) is 1. The molecule has 3 N–H and O–H groups in total. The zero-order valence-corrected chi connectivity index (χ0v) is 21.5. The monoisotopic (exact) mass is 549 g/mol. The molecule has 30 heavy (non-hydrogen) atoms. The molecular formula is C20H36IN7OS. The number of aliphatic imine (C=N–C) groups is 1. The summed E-state index contributed by atoms with van der Waals surface area (Å²) in [5.41, 5.74) is 6.09. The summed E-state index contributed by atoms with van der Waals surface area (Å²) < 4.78 is 0. The summed E-state index contributed by atoms with van der Waals surface area (Å²) in [6.07, 6.45) is 3.99. The molecule has 2 aliphatic heterocycles. The number of carbonyl (C=O) groups excluding carboxylic acids is 1. The minimum atomic E-state index is -0.173.